The maximum atomic E-state index is 12.1. The van der Waals surface area contributed by atoms with Gasteiger partial charge in [0.15, 0.2) is 0 Å². The Balaban J connectivity index is 2.01. The zero-order valence-corrected chi connectivity index (χ0v) is 12.3. The minimum Gasteiger partial charge on any atom is -0.447 e. The summed E-state index contributed by atoms with van der Waals surface area (Å²) in [5.74, 6) is 0.622. The van der Waals surface area contributed by atoms with Gasteiger partial charge in [0.05, 0.1) is 6.54 Å². The molecule has 0 aromatic carbocycles. The second-order valence-corrected chi connectivity index (χ2v) is 6.98. The van der Waals surface area contributed by atoms with E-state index >= 15 is 0 Å². The van der Waals surface area contributed by atoms with Crippen molar-refractivity contribution in [1.29, 1.82) is 0 Å². The first-order valence-corrected chi connectivity index (χ1v) is 8.23. The molecule has 0 bridgehead atoms. The SMILES string of the molecule is CCC1(CNS(=O)(=O)c2ccc(CNC)o2)CCC1. The molecule has 0 unspecified atom stereocenters. The summed E-state index contributed by atoms with van der Waals surface area (Å²) < 4.78 is 32.3. The van der Waals surface area contributed by atoms with Crippen LogP contribution in [0.3, 0.4) is 0 Å². The lowest BCUT2D eigenvalue weighted by Gasteiger charge is -2.41. The Labute approximate surface area is 114 Å². The van der Waals surface area contributed by atoms with Gasteiger partial charge in [-0.2, -0.15) is 0 Å². The minimum absolute atomic E-state index is 0.00308. The molecule has 1 aliphatic rings. The summed E-state index contributed by atoms with van der Waals surface area (Å²) >= 11 is 0. The van der Waals surface area contributed by atoms with E-state index in [0.717, 1.165) is 19.3 Å². The molecule has 2 rings (SSSR count). The molecule has 108 valence electrons. The summed E-state index contributed by atoms with van der Waals surface area (Å²) in [6.07, 6.45) is 4.42. The van der Waals surface area contributed by atoms with E-state index in [1.54, 1.807) is 13.1 Å². The zero-order valence-electron chi connectivity index (χ0n) is 11.5. The Kier molecular flexibility index (Phi) is 4.32. The molecule has 1 aliphatic carbocycles. The third-order valence-electron chi connectivity index (χ3n) is 4.05. The van der Waals surface area contributed by atoms with Crippen molar-refractivity contribution in [3.8, 4) is 0 Å². The molecule has 1 aromatic rings. The molecule has 19 heavy (non-hydrogen) atoms. The first-order valence-electron chi connectivity index (χ1n) is 6.74. The lowest BCUT2D eigenvalue weighted by molar-refractivity contribution is 0.132. The van der Waals surface area contributed by atoms with Crippen LogP contribution >= 0.6 is 0 Å². The van der Waals surface area contributed by atoms with Gasteiger partial charge in [0.1, 0.15) is 5.76 Å². The van der Waals surface area contributed by atoms with Crippen LogP contribution in [-0.2, 0) is 16.6 Å². The molecule has 2 N–H and O–H groups in total. The third-order valence-corrected chi connectivity index (χ3v) is 5.33. The van der Waals surface area contributed by atoms with Gasteiger partial charge in [-0.25, -0.2) is 13.1 Å². The average Bonchev–Trinajstić information content (AvgIpc) is 2.78. The van der Waals surface area contributed by atoms with Crippen molar-refractivity contribution >= 4 is 10.0 Å². The van der Waals surface area contributed by atoms with Crippen molar-refractivity contribution in [2.75, 3.05) is 13.6 Å². The summed E-state index contributed by atoms with van der Waals surface area (Å²) in [5.41, 5.74) is 0.160. The maximum absolute atomic E-state index is 12.1. The van der Waals surface area contributed by atoms with Gasteiger partial charge >= 0.3 is 0 Å². The first-order chi connectivity index (χ1) is 9.01. The van der Waals surface area contributed by atoms with Crippen LogP contribution < -0.4 is 10.0 Å². The lowest BCUT2D eigenvalue weighted by Crippen LogP contribution is -2.41. The fourth-order valence-corrected chi connectivity index (χ4v) is 3.53. The van der Waals surface area contributed by atoms with Crippen molar-refractivity contribution in [2.24, 2.45) is 5.41 Å². The fraction of sp³-hybridized carbons (Fsp3) is 0.692. The van der Waals surface area contributed by atoms with E-state index in [-0.39, 0.29) is 10.5 Å². The molecule has 1 aromatic heterocycles. The molecule has 0 amide bonds. The van der Waals surface area contributed by atoms with E-state index in [0.29, 0.717) is 18.8 Å². The number of furan rings is 1. The second-order valence-electron chi connectivity index (χ2n) is 5.28. The highest BCUT2D eigenvalue weighted by atomic mass is 32.2. The van der Waals surface area contributed by atoms with E-state index in [9.17, 15) is 8.42 Å². The van der Waals surface area contributed by atoms with Gasteiger partial charge in [0, 0.05) is 6.54 Å². The smallest absolute Gasteiger partial charge is 0.273 e. The van der Waals surface area contributed by atoms with Gasteiger partial charge < -0.3 is 9.73 Å². The predicted octanol–water partition coefficient (Wildman–Crippen LogP) is 1.86. The summed E-state index contributed by atoms with van der Waals surface area (Å²) in [5, 5.41) is 2.93. The molecule has 0 radical (unpaired) electrons. The Bertz CT molecular complexity index is 512. The zero-order chi connectivity index (χ0) is 13.9. The van der Waals surface area contributed by atoms with Crippen molar-refractivity contribution < 1.29 is 12.8 Å². The summed E-state index contributed by atoms with van der Waals surface area (Å²) in [6, 6.07) is 3.19. The van der Waals surface area contributed by atoms with Crippen LogP contribution in [0.25, 0.3) is 0 Å². The van der Waals surface area contributed by atoms with Crippen LogP contribution in [0.2, 0.25) is 0 Å². The monoisotopic (exact) mass is 286 g/mol. The molecule has 5 nitrogen and oxygen atoms in total. The Morgan fingerprint density at radius 1 is 1.37 bits per heavy atom. The molecule has 1 saturated carbocycles. The number of hydrogen-bond acceptors (Lipinski definition) is 4. The van der Waals surface area contributed by atoms with E-state index in [2.05, 4.69) is 17.0 Å². The molecule has 1 fully saturated rings. The molecule has 1 heterocycles. The van der Waals surface area contributed by atoms with Crippen LogP contribution in [0, 0.1) is 5.41 Å². The van der Waals surface area contributed by atoms with Gasteiger partial charge in [-0.15, -0.1) is 0 Å². The average molecular weight is 286 g/mol. The first kappa shape index (κ1) is 14.6. The number of rotatable bonds is 7. The van der Waals surface area contributed by atoms with Crippen molar-refractivity contribution in [1.82, 2.24) is 10.0 Å². The molecular weight excluding hydrogens is 264 g/mol. The van der Waals surface area contributed by atoms with Crippen molar-refractivity contribution in [3.05, 3.63) is 17.9 Å². The largest absolute Gasteiger partial charge is 0.447 e. The van der Waals surface area contributed by atoms with Gasteiger partial charge in [-0.05, 0) is 43.9 Å². The quantitative estimate of drug-likeness (QED) is 0.802. The lowest BCUT2D eigenvalue weighted by atomic mass is 9.67. The van der Waals surface area contributed by atoms with E-state index in [1.807, 2.05) is 0 Å². The van der Waals surface area contributed by atoms with Crippen molar-refractivity contribution in [3.63, 3.8) is 0 Å². The topological polar surface area (TPSA) is 71.3 Å². The number of hydrogen-bond donors (Lipinski definition) is 2. The fourth-order valence-electron chi connectivity index (χ4n) is 2.42. The van der Waals surface area contributed by atoms with Gasteiger partial charge in [0.2, 0.25) is 5.09 Å². The van der Waals surface area contributed by atoms with E-state index in [4.69, 9.17) is 4.42 Å². The van der Waals surface area contributed by atoms with Gasteiger partial charge in [-0.3, -0.25) is 0 Å². The highest BCUT2D eigenvalue weighted by Crippen LogP contribution is 2.43. The third kappa shape index (κ3) is 3.19. The standard InChI is InChI=1S/C13H22N2O3S/c1-3-13(7-4-8-13)10-15-19(16,17)12-6-5-11(18-12)9-14-2/h5-6,14-15H,3-4,7-10H2,1-2H3. The maximum Gasteiger partial charge on any atom is 0.273 e. The summed E-state index contributed by atoms with van der Waals surface area (Å²) in [6.45, 7) is 3.15. The van der Waals surface area contributed by atoms with Gasteiger partial charge in [-0.1, -0.05) is 13.3 Å². The van der Waals surface area contributed by atoms with Crippen LogP contribution in [0.4, 0.5) is 0 Å². The van der Waals surface area contributed by atoms with E-state index < -0.39 is 10.0 Å². The minimum atomic E-state index is -3.52. The molecule has 0 saturated heterocycles. The molecule has 0 spiro atoms. The van der Waals surface area contributed by atoms with Crippen molar-refractivity contribution in [2.45, 2.75) is 44.2 Å². The van der Waals surface area contributed by atoms with Gasteiger partial charge in [0.25, 0.3) is 10.0 Å². The molecule has 6 heteroatoms. The van der Waals surface area contributed by atoms with Crippen LogP contribution in [0.5, 0.6) is 0 Å². The normalized spacial score (nSPS) is 18.2. The van der Waals surface area contributed by atoms with E-state index in [1.165, 1.54) is 12.5 Å². The van der Waals surface area contributed by atoms with Crippen LogP contribution in [-0.4, -0.2) is 22.0 Å². The Morgan fingerprint density at radius 2 is 2.11 bits per heavy atom. The Hall–Kier alpha value is -0.850. The second kappa shape index (κ2) is 5.64. The Morgan fingerprint density at radius 3 is 2.63 bits per heavy atom. The number of sulfonamides is 1. The number of nitrogens with one attached hydrogen (secondary N) is 2. The van der Waals surface area contributed by atoms with Crippen LogP contribution in [0.15, 0.2) is 21.6 Å². The molecule has 0 aliphatic heterocycles. The predicted molar refractivity (Wildman–Crippen MR) is 73.2 cm³/mol. The highest BCUT2D eigenvalue weighted by molar-refractivity contribution is 7.89. The van der Waals surface area contributed by atoms with Crippen LogP contribution in [0.1, 0.15) is 38.4 Å². The summed E-state index contributed by atoms with van der Waals surface area (Å²) in [4.78, 5) is 0. The molecular formula is C13H22N2O3S. The molecule has 0 atom stereocenters. The summed E-state index contributed by atoms with van der Waals surface area (Å²) in [7, 11) is -1.73. The highest BCUT2D eigenvalue weighted by Gasteiger charge is 2.36.